The molecule has 31 heavy (non-hydrogen) atoms. The Morgan fingerprint density at radius 1 is 1.16 bits per heavy atom. The van der Waals surface area contributed by atoms with Gasteiger partial charge in [0.25, 0.3) is 11.8 Å². The summed E-state index contributed by atoms with van der Waals surface area (Å²) in [4.78, 5) is 32.2. The van der Waals surface area contributed by atoms with E-state index in [2.05, 4.69) is 10.3 Å². The molecular weight excluding hydrogens is 405 g/mol. The minimum Gasteiger partial charge on any atom is -0.459 e. The zero-order valence-electron chi connectivity index (χ0n) is 16.4. The summed E-state index contributed by atoms with van der Waals surface area (Å²) >= 11 is 0. The van der Waals surface area contributed by atoms with Crippen molar-refractivity contribution in [2.75, 3.05) is 37.6 Å². The molecule has 9 nitrogen and oxygen atoms in total. The van der Waals surface area contributed by atoms with Gasteiger partial charge in [0.2, 0.25) is 17.5 Å². The van der Waals surface area contributed by atoms with Crippen LogP contribution in [0.4, 0.5) is 10.3 Å². The smallest absolute Gasteiger partial charge is 0.266 e. The number of hydrogen-bond donors (Lipinski definition) is 1. The molecule has 0 aliphatic carbocycles. The van der Waals surface area contributed by atoms with Crippen molar-refractivity contribution in [2.45, 2.75) is 0 Å². The summed E-state index contributed by atoms with van der Waals surface area (Å²) in [5.41, 5.74) is 0.429. The van der Waals surface area contributed by atoms with Gasteiger partial charge in [-0.25, -0.2) is 4.39 Å². The van der Waals surface area contributed by atoms with E-state index in [0.717, 1.165) is 0 Å². The first-order valence-electron chi connectivity index (χ1n) is 9.56. The molecule has 1 N–H and O–H groups in total. The zero-order valence-corrected chi connectivity index (χ0v) is 16.4. The number of nitriles is 1. The SMILES string of the molecule is N#Cc1nc(-c2ccco2)oc1N1CCN(C(=O)CNC(=O)c2ccc(F)cc2)CC1. The Kier molecular flexibility index (Phi) is 5.66. The van der Waals surface area contributed by atoms with Gasteiger partial charge in [0.1, 0.15) is 11.9 Å². The van der Waals surface area contributed by atoms with Crippen LogP contribution in [-0.4, -0.2) is 54.4 Å². The number of halogens is 1. The van der Waals surface area contributed by atoms with Crippen molar-refractivity contribution < 1.29 is 22.8 Å². The molecule has 1 aromatic carbocycles. The number of nitrogens with zero attached hydrogens (tertiary/aromatic N) is 4. The van der Waals surface area contributed by atoms with E-state index in [-0.39, 0.29) is 29.6 Å². The number of rotatable bonds is 5. The maximum atomic E-state index is 13.0. The van der Waals surface area contributed by atoms with Crippen molar-refractivity contribution >= 4 is 17.7 Å². The molecule has 0 spiro atoms. The number of aromatic nitrogens is 1. The van der Waals surface area contributed by atoms with Gasteiger partial charge in [0, 0.05) is 31.7 Å². The molecule has 0 saturated carbocycles. The van der Waals surface area contributed by atoms with E-state index in [0.29, 0.717) is 37.8 Å². The summed E-state index contributed by atoms with van der Waals surface area (Å²) in [6.45, 7) is 1.52. The fraction of sp³-hybridized carbons (Fsp3) is 0.238. The molecule has 2 aromatic heterocycles. The van der Waals surface area contributed by atoms with Gasteiger partial charge in [-0.2, -0.15) is 10.2 Å². The lowest BCUT2D eigenvalue weighted by Gasteiger charge is -2.34. The highest BCUT2D eigenvalue weighted by molar-refractivity contribution is 5.96. The predicted molar refractivity (Wildman–Crippen MR) is 106 cm³/mol. The maximum absolute atomic E-state index is 13.0. The van der Waals surface area contributed by atoms with Gasteiger partial charge >= 0.3 is 0 Å². The molecule has 1 aliphatic rings. The lowest BCUT2D eigenvalue weighted by Crippen LogP contribution is -2.51. The molecule has 10 heteroatoms. The molecule has 0 atom stereocenters. The summed E-state index contributed by atoms with van der Waals surface area (Å²) in [6, 6.07) is 10.5. The predicted octanol–water partition coefficient (Wildman–Crippen LogP) is 2.02. The van der Waals surface area contributed by atoms with E-state index >= 15 is 0 Å². The first-order chi connectivity index (χ1) is 15.0. The van der Waals surface area contributed by atoms with E-state index in [1.807, 2.05) is 11.0 Å². The third-order valence-corrected chi connectivity index (χ3v) is 4.87. The molecule has 0 bridgehead atoms. The van der Waals surface area contributed by atoms with Crippen LogP contribution in [0.25, 0.3) is 11.7 Å². The van der Waals surface area contributed by atoms with E-state index in [1.54, 1.807) is 17.0 Å². The third-order valence-electron chi connectivity index (χ3n) is 4.87. The number of oxazole rings is 1. The van der Waals surface area contributed by atoms with Crippen molar-refractivity contribution in [3.63, 3.8) is 0 Å². The zero-order chi connectivity index (χ0) is 21.8. The van der Waals surface area contributed by atoms with Crippen LogP contribution in [0.3, 0.4) is 0 Å². The van der Waals surface area contributed by atoms with E-state index in [9.17, 15) is 19.2 Å². The van der Waals surface area contributed by atoms with E-state index < -0.39 is 11.7 Å². The molecule has 3 aromatic rings. The molecule has 2 amide bonds. The molecule has 1 saturated heterocycles. The maximum Gasteiger partial charge on any atom is 0.266 e. The minimum atomic E-state index is -0.447. The molecule has 0 unspecified atom stereocenters. The third kappa shape index (κ3) is 4.40. The number of carbonyl (C=O) groups is 2. The van der Waals surface area contributed by atoms with Gasteiger partial charge in [0.15, 0.2) is 5.76 Å². The number of nitrogens with one attached hydrogen (secondary N) is 1. The molecule has 1 fully saturated rings. The number of anilines is 1. The lowest BCUT2D eigenvalue weighted by atomic mass is 10.2. The number of carbonyl (C=O) groups excluding carboxylic acids is 2. The summed E-state index contributed by atoms with van der Waals surface area (Å²) in [5.74, 6) is -0.132. The van der Waals surface area contributed by atoms with Crippen LogP contribution in [0.5, 0.6) is 0 Å². The van der Waals surface area contributed by atoms with Crippen molar-refractivity contribution in [3.8, 4) is 17.7 Å². The van der Waals surface area contributed by atoms with Gasteiger partial charge < -0.3 is 24.0 Å². The first-order valence-corrected chi connectivity index (χ1v) is 9.56. The van der Waals surface area contributed by atoms with Crippen LogP contribution >= 0.6 is 0 Å². The van der Waals surface area contributed by atoms with Crippen LogP contribution < -0.4 is 10.2 Å². The molecule has 1 aliphatic heterocycles. The fourth-order valence-electron chi connectivity index (χ4n) is 3.23. The van der Waals surface area contributed by atoms with E-state index in [4.69, 9.17) is 8.83 Å². The summed E-state index contributed by atoms with van der Waals surface area (Å²) in [6.07, 6.45) is 1.49. The van der Waals surface area contributed by atoms with Gasteiger partial charge in [-0.1, -0.05) is 0 Å². The topological polar surface area (TPSA) is 116 Å². The molecule has 4 rings (SSSR count). The monoisotopic (exact) mass is 423 g/mol. The Balaban J connectivity index is 1.32. The van der Waals surface area contributed by atoms with Crippen LogP contribution in [0, 0.1) is 17.1 Å². The second-order valence-corrected chi connectivity index (χ2v) is 6.82. The fourth-order valence-corrected chi connectivity index (χ4v) is 3.23. The van der Waals surface area contributed by atoms with Crippen LogP contribution in [0.15, 0.2) is 51.5 Å². The van der Waals surface area contributed by atoms with Crippen molar-refractivity contribution in [3.05, 3.63) is 59.7 Å². The van der Waals surface area contributed by atoms with Gasteiger partial charge in [-0.15, -0.1) is 0 Å². The highest BCUT2D eigenvalue weighted by Crippen LogP contribution is 2.29. The molecular formula is C21H18FN5O4. The first kappa shape index (κ1) is 20.2. The van der Waals surface area contributed by atoms with Crippen LogP contribution in [0.2, 0.25) is 0 Å². The average molecular weight is 423 g/mol. The van der Waals surface area contributed by atoms with E-state index in [1.165, 1.54) is 30.5 Å². The van der Waals surface area contributed by atoms with Crippen molar-refractivity contribution in [2.24, 2.45) is 0 Å². The van der Waals surface area contributed by atoms with Gasteiger partial charge in [-0.3, -0.25) is 9.59 Å². The summed E-state index contributed by atoms with van der Waals surface area (Å²) in [5, 5.41) is 11.9. The standard InChI is InChI=1S/C21H18FN5O4/c22-15-5-3-14(4-6-15)19(29)24-13-18(28)26-7-9-27(10-8-26)21-16(12-23)25-20(31-21)17-2-1-11-30-17/h1-6,11H,7-10,13H2,(H,24,29). The van der Waals surface area contributed by atoms with Crippen molar-refractivity contribution in [1.29, 1.82) is 5.26 Å². The second-order valence-electron chi connectivity index (χ2n) is 6.82. The number of benzene rings is 1. The van der Waals surface area contributed by atoms with Crippen LogP contribution in [-0.2, 0) is 4.79 Å². The second kappa shape index (κ2) is 8.71. The Bertz CT molecular complexity index is 1110. The number of hydrogen-bond acceptors (Lipinski definition) is 7. The number of amides is 2. The highest BCUT2D eigenvalue weighted by Gasteiger charge is 2.27. The van der Waals surface area contributed by atoms with Gasteiger partial charge in [-0.05, 0) is 36.4 Å². The number of furan rings is 1. The minimum absolute atomic E-state index is 0.151. The van der Waals surface area contributed by atoms with Crippen LogP contribution in [0.1, 0.15) is 16.1 Å². The lowest BCUT2D eigenvalue weighted by molar-refractivity contribution is -0.130. The number of piperazine rings is 1. The molecule has 0 radical (unpaired) electrons. The van der Waals surface area contributed by atoms with Gasteiger partial charge in [0.05, 0.1) is 12.8 Å². The summed E-state index contributed by atoms with van der Waals surface area (Å²) < 4.78 is 23.9. The molecule has 3 heterocycles. The molecule has 158 valence electrons. The largest absolute Gasteiger partial charge is 0.459 e. The average Bonchev–Trinajstić information content (AvgIpc) is 3.47. The quantitative estimate of drug-likeness (QED) is 0.667. The normalized spacial score (nSPS) is 13.7. The Morgan fingerprint density at radius 2 is 1.90 bits per heavy atom. The Hall–Kier alpha value is -4.13. The Labute approximate surface area is 176 Å². The Morgan fingerprint density at radius 3 is 2.55 bits per heavy atom. The van der Waals surface area contributed by atoms with Crippen molar-refractivity contribution in [1.82, 2.24) is 15.2 Å². The highest BCUT2D eigenvalue weighted by atomic mass is 19.1. The summed E-state index contributed by atoms with van der Waals surface area (Å²) in [7, 11) is 0.